The Balaban J connectivity index is 2.91. The molecule has 1 aromatic carbocycles. The zero-order valence-corrected chi connectivity index (χ0v) is 7.77. The summed E-state index contributed by atoms with van der Waals surface area (Å²) in [7, 11) is 0. The number of aromatic nitrogens is 2. The average molecular weight is 190 g/mol. The number of aromatic hydroxyl groups is 1. The van der Waals surface area contributed by atoms with Crippen LogP contribution in [0, 0.1) is 0 Å². The summed E-state index contributed by atoms with van der Waals surface area (Å²) >= 11 is 0. The van der Waals surface area contributed by atoms with Gasteiger partial charge in [0.25, 0.3) is 5.56 Å². The summed E-state index contributed by atoms with van der Waals surface area (Å²) in [5, 5.41) is 9.90. The van der Waals surface area contributed by atoms with Gasteiger partial charge in [-0.25, -0.2) is 4.98 Å². The fourth-order valence-electron chi connectivity index (χ4n) is 1.40. The Kier molecular flexibility index (Phi) is 1.96. The van der Waals surface area contributed by atoms with Crippen molar-refractivity contribution in [3.05, 3.63) is 34.9 Å². The van der Waals surface area contributed by atoms with Crippen LogP contribution in [-0.4, -0.2) is 14.7 Å². The van der Waals surface area contributed by atoms with E-state index in [9.17, 15) is 9.90 Å². The smallest absolute Gasteiger partial charge is 0.261 e. The van der Waals surface area contributed by atoms with Crippen LogP contribution < -0.4 is 5.56 Å². The normalized spacial score (nSPS) is 10.6. The zero-order chi connectivity index (χ0) is 10.1. The maximum absolute atomic E-state index is 11.7. The molecule has 1 aromatic heterocycles. The van der Waals surface area contributed by atoms with E-state index in [0.29, 0.717) is 17.4 Å². The molecule has 0 radical (unpaired) electrons. The summed E-state index contributed by atoms with van der Waals surface area (Å²) in [6.07, 6.45) is 1.45. The minimum absolute atomic E-state index is 0.0443. The zero-order valence-electron chi connectivity index (χ0n) is 7.77. The monoisotopic (exact) mass is 190 g/mol. The summed E-state index contributed by atoms with van der Waals surface area (Å²) in [6.45, 7) is 2.45. The van der Waals surface area contributed by atoms with Crippen LogP contribution in [0.5, 0.6) is 5.75 Å². The van der Waals surface area contributed by atoms with Gasteiger partial charge in [0.1, 0.15) is 11.3 Å². The van der Waals surface area contributed by atoms with Gasteiger partial charge < -0.3 is 5.11 Å². The van der Waals surface area contributed by atoms with E-state index in [-0.39, 0.29) is 11.3 Å². The van der Waals surface area contributed by atoms with Gasteiger partial charge in [0.2, 0.25) is 0 Å². The molecule has 14 heavy (non-hydrogen) atoms. The highest BCUT2D eigenvalue weighted by molar-refractivity contribution is 5.82. The lowest BCUT2D eigenvalue weighted by atomic mass is 10.2. The van der Waals surface area contributed by atoms with E-state index in [2.05, 4.69) is 4.98 Å². The highest BCUT2D eigenvalue weighted by Crippen LogP contribution is 2.18. The van der Waals surface area contributed by atoms with Gasteiger partial charge in [-0.15, -0.1) is 0 Å². The standard InChI is InChI=1S/C10H10N2O2/c1-2-12-6-11-9-7(10(12)14)4-3-5-8(9)13/h3-6,13H,2H2,1H3. The van der Waals surface area contributed by atoms with Crippen LogP contribution in [0.25, 0.3) is 10.9 Å². The summed E-state index contributed by atoms with van der Waals surface area (Å²) in [5.41, 5.74) is 0.246. The minimum atomic E-state index is -0.117. The van der Waals surface area contributed by atoms with Crippen molar-refractivity contribution in [2.24, 2.45) is 0 Å². The molecule has 0 bridgehead atoms. The van der Waals surface area contributed by atoms with Gasteiger partial charge in [0.05, 0.1) is 11.7 Å². The predicted molar refractivity (Wildman–Crippen MR) is 53.3 cm³/mol. The third kappa shape index (κ3) is 1.16. The molecule has 0 spiro atoms. The maximum Gasteiger partial charge on any atom is 0.261 e. The number of aryl methyl sites for hydroxylation is 1. The lowest BCUT2D eigenvalue weighted by Crippen LogP contribution is -2.19. The molecule has 0 aliphatic carbocycles. The van der Waals surface area contributed by atoms with E-state index >= 15 is 0 Å². The molecule has 2 rings (SSSR count). The summed E-state index contributed by atoms with van der Waals surface area (Å²) in [6, 6.07) is 4.82. The molecule has 0 aliphatic rings. The Morgan fingerprint density at radius 1 is 1.50 bits per heavy atom. The Labute approximate surface area is 80.4 Å². The van der Waals surface area contributed by atoms with Gasteiger partial charge in [-0.1, -0.05) is 6.07 Å². The van der Waals surface area contributed by atoms with Crippen LogP contribution in [0.1, 0.15) is 6.92 Å². The summed E-state index contributed by atoms with van der Waals surface area (Å²) in [5.74, 6) is 0.0443. The molecule has 1 N–H and O–H groups in total. The fourth-order valence-corrected chi connectivity index (χ4v) is 1.40. The number of hydrogen-bond donors (Lipinski definition) is 1. The first-order chi connectivity index (χ1) is 6.74. The molecule has 0 amide bonds. The van der Waals surface area contributed by atoms with Crippen LogP contribution in [0.15, 0.2) is 29.3 Å². The molecule has 4 heteroatoms. The molecule has 0 fully saturated rings. The molecule has 0 unspecified atom stereocenters. The Bertz CT molecular complexity index is 531. The molecule has 0 atom stereocenters. The minimum Gasteiger partial charge on any atom is -0.506 e. The van der Waals surface area contributed by atoms with Gasteiger partial charge in [0.15, 0.2) is 0 Å². The number of phenols is 1. The largest absolute Gasteiger partial charge is 0.506 e. The second-order valence-electron chi connectivity index (χ2n) is 3.01. The number of phenolic OH excluding ortho intramolecular Hbond substituents is 1. The van der Waals surface area contributed by atoms with Gasteiger partial charge >= 0.3 is 0 Å². The predicted octanol–water partition coefficient (Wildman–Crippen LogP) is 1.12. The first-order valence-electron chi connectivity index (χ1n) is 4.41. The van der Waals surface area contributed by atoms with Crippen LogP contribution in [-0.2, 0) is 6.54 Å². The second-order valence-corrected chi connectivity index (χ2v) is 3.01. The molecule has 1 heterocycles. The van der Waals surface area contributed by atoms with Crippen molar-refractivity contribution in [1.29, 1.82) is 0 Å². The van der Waals surface area contributed by atoms with Crippen LogP contribution in [0.3, 0.4) is 0 Å². The van der Waals surface area contributed by atoms with Crippen LogP contribution in [0.4, 0.5) is 0 Å². The topological polar surface area (TPSA) is 55.1 Å². The van der Waals surface area contributed by atoms with E-state index < -0.39 is 0 Å². The van der Waals surface area contributed by atoms with E-state index in [4.69, 9.17) is 0 Å². The highest BCUT2D eigenvalue weighted by atomic mass is 16.3. The van der Waals surface area contributed by atoms with Gasteiger partial charge in [0, 0.05) is 6.54 Å². The number of nitrogens with zero attached hydrogens (tertiary/aromatic N) is 2. The fraction of sp³-hybridized carbons (Fsp3) is 0.200. The lowest BCUT2D eigenvalue weighted by Gasteiger charge is -2.03. The first-order valence-corrected chi connectivity index (χ1v) is 4.41. The number of hydrogen-bond acceptors (Lipinski definition) is 3. The third-order valence-electron chi connectivity index (χ3n) is 2.17. The quantitative estimate of drug-likeness (QED) is 0.733. The van der Waals surface area contributed by atoms with Crippen molar-refractivity contribution >= 4 is 10.9 Å². The van der Waals surface area contributed by atoms with E-state index in [1.807, 2.05) is 6.92 Å². The maximum atomic E-state index is 11.7. The van der Waals surface area contributed by atoms with Crippen molar-refractivity contribution in [3.8, 4) is 5.75 Å². The Morgan fingerprint density at radius 2 is 2.29 bits per heavy atom. The van der Waals surface area contributed by atoms with Crippen LogP contribution >= 0.6 is 0 Å². The number of fused-ring (bicyclic) bond motifs is 1. The highest BCUT2D eigenvalue weighted by Gasteiger charge is 2.05. The SMILES string of the molecule is CCn1cnc2c(O)cccc2c1=O. The van der Waals surface area contributed by atoms with Crippen molar-refractivity contribution < 1.29 is 5.11 Å². The van der Waals surface area contributed by atoms with Crippen molar-refractivity contribution in [2.45, 2.75) is 13.5 Å². The molecule has 4 nitrogen and oxygen atoms in total. The first kappa shape index (κ1) is 8.74. The van der Waals surface area contributed by atoms with Gasteiger partial charge in [-0.05, 0) is 19.1 Å². The van der Waals surface area contributed by atoms with E-state index in [1.165, 1.54) is 17.0 Å². The molecular weight excluding hydrogens is 180 g/mol. The molecule has 72 valence electrons. The van der Waals surface area contributed by atoms with Gasteiger partial charge in [-0.3, -0.25) is 9.36 Å². The number of rotatable bonds is 1. The van der Waals surface area contributed by atoms with E-state index in [1.54, 1.807) is 12.1 Å². The second kappa shape index (κ2) is 3.14. The lowest BCUT2D eigenvalue weighted by molar-refractivity contribution is 0.480. The van der Waals surface area contributed by atoms with Crippen molar-refractivity contribution in [2.75, 3.05) is 0 Å². The third-order valence-corrected chi connectivity index (χ3v) is 2.17. The number of benzene rings is 1. The Morgan fingerprint density at radius 3 is 3.00 bits per heavy atom. The average Bonchev–Trinajstić information content (AvgIpc) is 2.20. The molecule has 2 aromatic rings. The Hall–Kier alpha value is -1.84. The summed E-state index contributed by atoms with van der Waals surface area (Å²) in [4.78, 5) is 15.7. The number of para-hydroxylation sites is 1. The molecule has 0 aliphatic heterocycles. The summed E-state index contributed by atoms with van der Waals surface area (Å²) < 4.78 is 1.50. The molecule has 0 saturated carbocycles. The van der Waals surface area contributed by atoms with Crippen molar-refractivity contribution in [1.82, 2.24) is 9.55 Å². The van der Waals surface area contributed by atoms with Crippen molar-refractivity contribution in [3.63, 3.8) is 0 Å². The van der Waals surface area contributed by atoms with E-state index in [0.717, 1.165) is 0 Å². The van der Waals surface area contributed by atoms with Crippen LogP contribution in [0.2, 0.25) is 0 Å². The van der Waals surface area contributed by atoms with Gasteiger partial charge in [-0.2, -0.15) is 0 Å². The molecule has 0 saturated heterocycles. The molecular formula is C10H10N2O2.